The predicted octanol–water partition coefficient (Wildman–Crippen LogP) is 3.66. The van der Waals surface area contributed by atoms with Gasteiger partial charge in [-0.3, -0.25) is 4.79 Å². The number of esters is 2. The summed E-state index contributed by atoms with van der Waals surface area (Å²) in [5.41, 5.74) is 0. The van der Waals surface area contributed by atoms with E-state index in [1.807, 2.05) is 0 Å². The lowest BCUT2D eigenvalue weighted by Crippen LogP contribution is -2.28. The minimum atomic E-state index is -1.64. The van der Waals surface area contributed by atoms with Crippen LogP contribution in [0.15, 0.2) is 0 Å². The Morgan fingerprint density at radius 1 is 0.889 bits per heavy atom. The Kier molecular flexibility index (Phi) is 13.4. The lowest BCUT2D eigenvalue weighted by Gasteiger charge is -2.06. The maximum atomic E-state index is 11.4. The summed E-state index contributed by atoms with van der Waals surface area (Å²) >= 11 is 0. The maximum absolute atomic E-state index is 11.4. The zero-order valence-corrected chi connectivity index (χ0v) is 16.9. The van der Waals surface area contributed by atoms with E-state index in [1.54, 1.807) is 0 Å². The van der Waals surface area contributed by atoms with Crippen LogP contribution in [0.4, 0.5) is 0 Å². The number of rotatable bonds is 17. The Morgan fingerprint density at radius 3 is 1.96 bits per heavy atom. The van der Waals surface area contributed by atoms with Gasteiger partial charge < -0.3 is 19.7 Å². The van der Waals surface area contributed by atoms with Crippen LogP contribution in [0.25, 0.3) is 0 Å². The summed E-state index contributed by atoms with van der Waals surface area (Å²) in [6.45, 7) is 1.50. The molecule has 0 aromatic carbocycles. The van der Waals surface area contributed by atoms with Crippen molar-refractivity contribution < 1.29 is 29.3 Å². The number of aliphatic hydroxyl groups excluding tert-OH is 2. The molecule has 1 heterocycles. The Morgan fingerprint density at radius 2 is 1.41 bits per heavy atom. The first-order chi connectivity index (χ1) is 13.1. The van der Waals surface area contributed by atoms with E-state index >= 15 is 0 Å². The van der Waals surface area contributed by atoms with Gasteiger partial charge in [-0.25, -0.2) is 4.79 Å². The molecular weight excluding hydrogens is 348 g/mol. The number of carbonyl (C=O) groups is 2. The Bertz CT molecular complexity index is 411. The van der Waals surface area contributed by atoms with Gasteiger partial charge >= 0.3 is 11.9 Å². The fourth-order valence-electron chi connectivity index (χ4n) is 3.26. The third-order valence-electron chi connectivity index (χ3n) is 5.06. The van der Waals surface area contributed by atoms with Crippen molar-refractivity contribution in [3.05, 3.63) is 0 Å². The van der Waals surface area contributed by atoms with Crippen LogP contribution in [0.5, 0.6) is 0 Å². The van der Waals surface area contributed by atoms with Gasteiger partial charge in [0.2, 0.25) is 0 Å². The molecule has 6 heteroatoms. The van der Waals surface area contributed by atoms with Crippen LogP contribution < -0.4 is 0 Å². The lowest BCUT2D eigenvalue weighted by atomic mass is 10.0. The van der Waals surface area contributed by atoms with Gasteiger partial charge in [-0.05, 0) is 19.3 Å². The van der Waals surface area contributed by atoms with Gasteiger partial charge in [-0.15, -0.1) is 0 Å². The number of ether oxygens (including phenoxy) is 2. The average molecular weight is 387 g/mol. The summed E-state index contributed by atoms with van der Waals surface area (Å²) in [4.78, 5) is 22.5. The van der Waals surface area contributed by atoms with Crippen molar-refractivity contribution in [2.75, 3.05) is 6.61 Å². The Balaban J connectivity index is 1.85. The summed E-state index contributed by atoms with van der Waals surface area (Å²) in [7, 11) is 0. The molecule has 1 aliphatic heterocycles. The van der Waals surface area contributed by atoms with Gasteiger partial charge in [-0.2, -0.15) is 0 Å². The van der Waals surface area contributed by atoms with E-state index in [0.717, 1.165) is 32.1 Å². The van der Waals surface area contributed by atoms with E-state index in [1.165, 1.54) is 44.9 Å². The van der Waals surface area contributed by atoms with Crippen molar-refractivity contribution in [3.8, 4) is 0 Å². The molecule has 0 bridgehead atoms. The molecule has 6 nitrogen and oxygen atoms in total. The third-order valence-corrected chi connectivity index (χ3v) is 5.06. The average Bonchev–Trinajstić information content (AvgIpc) is 3.41. The second-order valence-electron chi connectivity index (χ2n) is 7.57. The molecule has 158 valence electrons. The van der Waals surface area contributed by atoms with Crippen LogP contribution in [-0.4, -0.2) is 47.1 Å². The first-order valence-corrected chi connectivity index (χ1v) is 10.8. The highest BCUT2D eigenvalue weighted by molar-refractivity contribution is 5.87. The standard InChI is InChI=1S/C21H38O6/c1-2-3-4-5-7-10-13-18-19(26-18)14-11-8-6-9-12-15-20(24)27-21(25)17(23)16-22/h17-19,22-23H,2-16H2,1H3. The van der Waals surface area contributed by atoms with Gasteiger partial charge in [0.15, 0.2) is 6.10 Å². The maximum Gasteiger partial charge on any atom is 0.345 e. The second kappa shape index (κ2) is 15.0. The molecule has 2 N–H and O–H groups in total. The van der Waals surface area contributed by atoms with Gasteiger partial charge in [0.1, 0.15) is 0 Å². The van der Waals surface area contributed by atoms with Gasteiger partial charge in [0, 0.05) is 6.42 Å². The minimum absolute atomic E-state index is 0.163. The van der Waals surface area contributed by atoms with Crippen LogP contribution in [0.2, 0.25) is 0 Å². The molecule has 0 aromatic rings. The van der Waals surface area contributed by atoms with Crippen molar-refractivity contribution >= 4 is 11.9 Å². The summed E-state index contributed by atoms with van der Waals surface area (Å²) < 4.78 is 10.2. The van der Waals surface area contributed by atoms with E-state index in [2.05, 4.69) is 11.7 Å². The fraction of sp³-hybridized carbons (Fsp3) is 0.905. The molecule has 27 heavy (non-hydrogen) atoms. The van der Waals surface area contributed by atoms with Crippen LogP contribution in [0, 0.1) is 0 Å². The monoisotopic (exact) mass is 386 g/mol. The number of carbonyl (C=O) groups excluding carboxylic acids is 2. The van der Waals surface area contributed by atoms with E-state index in [9.17, 15) is 9.59 Å². The molecule has 1 saturated heterocycles. The number of hydrogen-bond acceptors (Lipinski definition) is 6. The molecule has 1 aliphatic rings. The molecule has 1 rings (SSSR count). The van der Waals surface area contributed by atoms with E-state index in [0.29, 0.717) is 18.6 Å². The van der Waals surface area contributed by atoms with Crippen LogP contribution in [-0.2, 0) is 19.1 Å². The minimum Gasteiger partial charge on any atom is -0.393 e. The summed E-state index contributed by atoms with van der Waals surface area (Å²) in [5, 5.41) is 17.6. The zero-order valence-electron chi connectivity index (χ0n) is 16.9. The topological polar surface area (TPSA) is 96.4 Å². The molecule has 3 atom stereocenters. The highest BCUT2D eigenvalue weighted by atomic mass is 16.6. The first-order valence-electron chi connectivity index (χ1n) is 10.8. The molecular formula is C21H38O6. The van der Waals surface area contributed by atoms with Crippen molar-refractivity contribution in [1.82, 2.24) is 0 Å². The molecule has 0 spiro atoms. The van der Waals surface area contributed by atoms with Crippen LogP contribution in [0.1, 0.15) is 96.8 Å². The molecule has 0 aromatic heterocycles. The Labute approximate surface area is 163 Å². The molecule has 0 amide bonds. The summed E-state index contributed by atoms with van der Waals surface area (Å²) in [6.07, 6.45) is 14.8. The third kappa shape index (κ3) is 12.2. The van der Waals surface area contributed by atoms with Crippen LogP contribution >= 0.6 is 0 Å². The number of epoxide rings is 1. The van der Waals surface area contributed by atoms with E-state index < -0.39 is 24.6 Å². The van der Waals surface area contributed by atoms with Crippen molar-refractivity contribution in [3.63, 3.8) is 0 Å². The van der Waals surface area contributed by atoms with Gasteiger partial charge in [0.25, 0.3) is 0 Å². The lowest BCUT2D eigenvalue weighted by molar-refractivity contribution is -0.167. The molecule has 1 fully saturated rings. The second-order valence-corrected chi connectivity index (χ2v) is 7.57. The van der Waals surface area contributed by atoms with Crippen molar-refractivity contribution in [1.29, 1.82) is 0 Å². The van der Waals surface area contributed by atoms with Gasteiger partial charge in [0.05, 0.1) is 18.8 Å². The predicted molar refractivity (Wildman–Crippen MR) is 103 cm³/mol. The van der Waals surface area contributed by atoms with Crippen LogP contribution in [0.3, 0.4) is 0 Å². The van der Waals surface area contributed by atoms with Gasteiger partial charge in [-0.1, -0.05) is 71.1 Å². The normalized spacial score (nSPS) is 19.7. The number of aliphatic hydroxyl groups is 2. The first kappa shape index (κ1) is 24.1. The van der Waals surface area contributed by atoms with E-state index in [4.69, 9.17) is 14.9 Å². The largest absolute Gasteiger partial charge is 0.393 e. The molecule has 3 unspecified atom stereocenters. The zero-order chi connectivity index (χ0) is 19.9. The molecule has 0 radical (unpaired) electrons. The van der Waals surface area contributed by atoms with Crippen molar-refractivity contribution in [2.45, 2.75) is 115 Å². The fourth-order valence-corrected chi connectivity index (χ4v) is 3.26. The SMILES string of the molecule is CCCCCCCCC1OC1CCCCCCCC(=O)OC(=O)C(O)CO. The number of hydrogen-bond donors (Lipinski definition) is 2. The smallest absolute Gasteiger partial charge is 0.345 e. The highest BCUT2D eigenvalue weighted by Gasteiger charge is 2.36. The highest BCUT2D eigenvalue weighted by Crippen LogP contribution is 2.31. The van der Waals surface area contributed by atoms with Crippen molar-refractivity contribution in [2.24, 2.45) is 0 Å². The number of unbranched alkanes of at least 4 members (excludes halogenated alkanes) is 9. The van der Waals surface area contributed by atoms with E-state index in [-0.39, 0.29) is 6.42 Å². The molecule has 0 saturated carbocycles. The molecule has 0 aliphatic carbocycles. The quantitative estimate of drug-likeness (QED) is 0.171. The summed E-state index contributed by atoms with van der Waals surface area (Å²) in [6, 6.07) is 0. The summed E-state index contributed by atoms with van der Waals surface area (Å²) in [5.74, 6) is -1.72. The Hall–Kier alpha value is -0.980.